The van der Waals surface area contributed by atoms with E-state index in [0.29, 0.717) is 0 Å². The second-order valence-corrected chi connectivity index (χ2v) is 1.79. The molecule has 0 aromatic carbocycles. The van der Waals surface area contributed by atoms with E-state index in [-0.39, 0.29) is 0 Å². The molecular weight excluding hydrogens is 200 g/mol. The van der Waals surface area contributed by atoms with Crippen LogP contribution in [-0.2, 0) is 14.3 Å². The molecule has 0 atom stereocenters. The minimum absolute atomic E-state index is 0.508. The number of nitrogens with zero attached hydrogens (tertiary/aromatic N) is 2. The fourth-order valence-corrected chi connectivity index (χ4v) is 0.282. The summed E-state index contributed by atoms with van der Waals surface area (Å²) >= 11 is 0. The van der Waals surface area contributed by atoms with Crippen LogP contribution in [0, 0.1) is 22.7 Å². The first-order chi connectivity index (χ1) is 7.08. The minimum atomic E-state index is -1.10. The molecule has 0 spiro atoms. The van der Waals surface area contributed by atoms with Crippen LogP contribution in [0.5, 0.6) is 0 Å². The Balaban J connectivity index is 0. The van der Waals surface area contributed by atoms with Crippen molar-refractivity contribution in [2.75, 3.05) is 7.11 Å². The van der Waals surface area contributed by atoms with E-state index >= 15 is 0 Å². The number of methoxy groups -OCH3 is 1. The molecule has 0 rings (SSSR count). The third-order valence-electron chi connectivity index (χ3n) is 0.796. The number of nitriles is 2. The van der Waals surface area contributed by atoms with Crippen LogP contribution in [0.15, 0.2) is 24.3 Å². The van der Waals surface area contributed by atoms with E-state index in [0.717, 1.165) is 24.3 Å². The molecule has 0 aliphatic rings. The van der Waals surface area contributed by atoms with Crippen LogP contribution in [0.3, 0.4) is 0 Å². The van der Waals surface area contributed by atoms with Gasteiger partial charge >= 0.3 is 11.9 Å². The summed E-state index contributed by atoms with van der Waals surface area (Å²) in [6, 6.07) is 3.19. The van der Waals surface area contributed by atoms with Crippen molar-refractivity contribution in [2.24, 2.45) is 0 Å². The van der Waals surface area contributed by atoms with E-state index in [4.69, 9.17) is 15.6 Å². The van der Waals surface area contributed by atoms with Crippen molar-refractivity contribution in [3.8, 4) is 12.1 Å². The lowest BCUT2D eigenvalue weighted by Crippen LogP contribution is -1.92. The third-order valence-corrected chi connectivity index (χ3v) is 0.796. The van der Waals surface area contributed by atoms with Crippen molar-refractivity contribution in [2.45, 2.75) is 0 Å². The normalized spacial score (nSPS) is 8.47. The van der Waals surface area contributed by atoms with E-state index < -0.39 is 11.9 Å². The van der Waals surface area contributed by atoms with Gasteiger partial charge in [-0.3, -0.25) is 0 Å². The van der Waals surface area contributed by atoms with Gasteiger partial charge < -0.3 is 9.84 Å². The first kappa shape index (κ1) is 14.9. The molecule has 6 nitrogen and oxygen atoms in total. The summed E-state index contributed by atoms with van der Waals surface area (Å²) in [5.41, 5.74) is 0. The third kappa shape index (κ3) is 18.4. The Kier molecular flexibility index (Phi) is 11.3. The highest BCUT2D eigenvalue weighted by Gasteiger charge is 1.86. The molecule has 0 aromatic rings. The molecular formula is C9H8N2O4. The van der Waals surface area contributed by atoms with Crippen LogP contribution in [0.25, 0.3) is 0 Å². The van der Waals surface area contributed by atoms with E-state index in [2.05, 4.69) is 4.74 Å². The zero-order valence-electron chi connectivity index (χ0n) is 7.88. The zero-order valence-corrected chi connectivity index (χ0v) is 7.88. The zero-order chi connectivity index (χ0) is 12.1. The second-order valence-electron chi connectivity index (χ2n) is 1.79. The standard InChI is InChI=1S/C5H5NO2.C4H3NO2/c1-8-5(7)3-2-4-6;5-3-1-2-4(6)7/h2-3H,1H3;1-2H,(H,6,7). The summed E-state index contributed by atoms with van der Waals surface area (Å²) in [4.78, 5) is 19.6. The molecule has 0 saturated heterocycles. The molecule has 0 saturated carbocycles. The average Bonchev–Trinajstić information content (AvgIpc) is 2.23. The quantitative estimate of drug-likeness (QED) is 0.399. The van der Waals surface area contributed by atoms with Crippen LogP contribution < -0.4 is 0 Å². The van der Waals surface area contributed by atoms with Crippen molar-refractivity contribution in [3.63, 3.8) is 0 Å². The Labute approximate surface area is 86.3 Å². The summed E-state index contributed by atoms with van der Waals surface area (Å²) in [5.74, 6) is -1.60. The molecule has 1 N–H and O–H groups in total. The predicted molar refractivity (Wildman–Crippen MR) is 49.2 cm³/mol. The van der Waals surface area contributed by atoms with Crippen molar-refractivity contribution >= 4 is 11.9 Å². The Bertz CT molecular complexity index is 344. The SMILES string of the molecule is COC(=O)C=CC#N.N#CC=CC(=O)O. The van der Waals surface area contributed by atoms with Gasteiger partial charge in [0, 0.05) is 24.3 Å². The molecule has 0 aliphatic heterocycles. The lowest BCUT2D eigenvalue weighted by atomic mass is 10.5. The Morgan fingerprint density at radius 2 is 1.67 bits per heavy atom. The number of carboxylic acids is 1. The molecule has 15 heavy (non-hydrogen) atoms. The number of carbonyl (C=O) groups excluding carboxylic acids is 1. The monoisotopic (exact) mass is 208 g/mol. The highest BCUT2D eigenvalue weighted by atomic mass is 16.5. The van der Waals surface area contributed by atoms with Gasteiger partial charge in [-0.15, -0.1) is 0 Å². The topological polar surface area (TPSA) is 111 Å². The van der Waals surface area contributed by atoms with E-state index in [1.807, 2.05) is 0 Å². The van der Waals surface area contributed by atoms with Gasteiger partial charge in [-0.1, -0.05) is 0 Å². The van der Waals surface area contributed by atoms with Gasteiger partial charge in [0.1, 0.15) is 0 Å². The van der Waals surface area contributed by atoms with Crippen molar-refractivity contribution < 1.29 is 19.4 Å². The number of rotatable bonds is 2. The van der Waals surface area contributed by atoms with Crippen LogP contribution in [0.2, 0.25) is 0 Å². The van der Waals surface area contributed by atoms with Gasteiger partial charge in [-0.25, -0.2) is 9.59 Å². The summed E-state index contributed by atoms with van der Waals surface area (Å²) in [7, 11) is 1.25. The molecule has 0 bridgehead atoms. The fraction of sp³-hybridized carbons (Fsp3) is 0.111. The number of ether oxygens (including phenoxy) is 1. The number of carboxylic acid groups (broad SMARTS) is 1. The summed E-state index contributed by atoms with van der Waals surface area (Å²) in [6.45, 7) is 0. The van der Waals surface area contributed by atoms with Crippen molar-refractivity contribution in [3.05, 3.63) is 24.3 Å². The Hall–Kier alpha value is -2.60. The molecule has 0 heterocycles. The maximum absolute atomic E-state index is 10.1. The van der Waals surface area contributed by atoms with Crippen LogP contribution in [-0.4, -0.2) is 24.2 Å². The fourth-order valence-electron chi connectivity index (χ4n) is 0.282. The molecule has 0 amide bonds. The molecule has 6 heteroatoms. The second kappa shape index (κ2) is 11.4. The van der Waals surface area contributed by atoms with E-state index in [1.165, 1.54) is 13.2 Å². The predicted octanol–water partition coefficient (Wildman–Crippen LogP) is 0.390. The van der Waals surface area contributed by atoms with Gasteiger partial charge in [-0.05, 0) is 0 Å². The molecule has 0 aliphatic carbocycles. The van der Waals surface area contributed by atoms with Gasteiger partial charge in [0.05, 0.1) is 19.2 Å². The number of hydrogen-bond donors (Lipinski definition) is 1. The van der Waals surface area contributed by atoms with Gasteiger partial charge in [0.15, 0.2) is 0 Å². The Morgan fingerprint density at radius 3 is 1.93 bits per heavy atom. The molecule has 0 unspecified atom stereocenters. The van der Waals surface area contributed by atoms with Gasteiger partial charge in [0.25, 0.3) is 0 Å². The number of aliphatic carboxylic acids is 1. The average molecular weight is 208 g/mol. The lowest BCUT2D eigenvalue weighted by Gasteiger charge is -1.84. The largest absolute Gasteiger partial charge is 0.478 e. The number of allylic oxidation sites excluding steroid dienone is 2. The summed E-state index contributed by atoms with van der Waals surface area (Å²) in [5, 5.41) is 23.4. The Morgan fingerprint density at radius 1 is 1.20 bits per heavy atom. The lowest BCUT2D eigenvalue weighted by molar-refractivity contribution is -0.135. The maximum Gasteiger partial charge on any atom is 0.331 e. The highest BCUT2D eigenvalue weighted by Crippen LogP contribution is 1.74. The van der Waals surface area contributed by atoms with Crippen LogP contribution in [0.1, 0.15) is 0 Å². The van der Waals surface area contributed by atoms with E-state index in [9.17, 15) is 9.59 Å². The maximum atomic E-state index is 10.1. The van der Waals surface area contributed by atoms with Crippen molar-refractivity contribution in [1.29, 1.82) is 10.5 Å². The molecule has 78 valence electrons. The first-order valence-corrected chi connectivity index (χ1v) is 3.51. The summed E-state index contributed by atoms with van der Waals surface area (Å²) in [6.07, 6.45) is 3.80. The molecule has 0 aromatic heterocycles. The van der Waals surface area contributed by atoms with Crippen LogP contribution in [0.4, 0.5) is 0 Å². The van der Waals surface area contributed by atoms with Gasteiger partial charge in [-0.2, -0.15) is 10.5 Å². The molecule has 0 fully saturated rings. The number of carbonyl (C=O) groups is 2. The smallest absolute Gasteiger partial charge is 0.331 e. The van der Waals surface area contributed by atoms with Crippen LogP contribution >= 0.6 is 0 Å². The highest BCUT2D eigenvalue weighted by molar-refractivity contribution is 5.82. The van der Waals surface area contributed by atoms with E-state index in [1.54, 1.807) is 6.07 Å². The number of hydrogen-bond acceptors (Lipinski definition) is 5. The first-order valence-electron chi connectivity index (χ1n) is 3.51. The summed E-state index contributed by atoms with van der Waals surface area (Å²) < 4.78 is 4.18. The minimum Gasteiger partial charge on any atom is -0.478 e. The number of esters is 1. The van der Waals surface area contributed by atoms with Crippen molar-refractivity contribution in [1.82, 2.24) is 0 Å². The van der Waals surface area contributed by atoms with Gasteiger partial charge in [0.2, 0.25) is 0 Å². The molecule has 0 radical (unpaired) electrons.